The molecule has 0 atom stereocenters. The van der Waals surface area contributed by atoms with Crippen LogP contribution in [0.1, 0.15) is 37.7 Å². The first-order chi connectivity index (χ1) is 14.0. The van der Waals surface area contributed by atoms with Crippen molar-refractivity contribution in [2.45, 2.75) is 44.4 Å². The van der Waals surface area contributed by atoms with Crippen LogP contribution in [0.15, 0.2) is 76.5 Å². The van der Waals surface area contributed by atoms with Crippen molar-refractivity contribution in [3.05, 3.63) is 82.9 Å². The quantitative estimate of drug-likeness (QED) is 0.407. The minimum Gasteiger partial charge on any atom is -0.508 e. The Balaban J connectivity index is 2.48. The number of imidazole rings is 1. The number of nitrogens with zero attached hydrogens (tertiary/aromatic N) is 2. The monoisotopic (exact) mass is 414 g/mol. The van der Waals surface area contributed by atoms with E-state index < -0.39 is 0 Å². The van der Waals surface area contributed by atoms with Crippen molar-refractivity contribution in [1.29, 1.82) is 0 Å². The fraction of sp³-hybridized carbons (Fsp3) is 0.348. The molecule has 6 heteroatoms. The number of aromatic nitrogens is 2. The molecule has 2 rings (SSSR count). The summed E-state index contributed by atoms with van der Waals surface area (Å²) in [5, 5.41) is 20.7. The van der Waals surface area contributed by atoms with Gasteiger partial charge in [0.2, 0.25) is 0 Å². The highest BCUT2D eigenvalue weighted by Gasteiger charge is 2.21. The molecule has 156 valence electrons. The molecule has 0 saturated heterocycles. The fourth-order valence-corrected chi connectivity index (χ4v) is 4.02. The molecular formula is C23H30N2O3S. The number of hydrogen-bond donors (Lipinski definition) is 2. The van der Waals surface area contributed by atoms with Crippen molar-refractivity contribution in [3.8, 4) is 0 Å². The normalized spacial score (nSPS) is 15.0. The van der Waals surface area contributed by atoms with Crippen LogP contribution in [0.2, 0.25) is 0 Å². The van der Waals surface area contributed by atoms with Crippen LogP contribution >= 0.6 is 11.8 Å². The van der Waals surface area contributed by atoms with E-state index in [1.54, 1.807) is 37.1 Å². The van der Waals surface area contributed by atoms with Gasteiger partial charge in [0.15, 0.2) is 0 Å². The first kappa shape index (κ1) is 23.0. The van der Waals surface area contributed by atoms with Gasteiger partial charge in [-0.05, 0) is 42.2 Å². The lowest BCUT2D eigenvalue weighted by molar-refractivity contribution is 0.233. The highest BCUT2D eigenvalue weighted by Crippen LogP contribution is 2.36. The molecule has 0 fully saturated rings. The molecule has 1 heterocycles. The molecule has 0 amide bonds. The van der Waals surface area contributed by atoms with Gasteiger partial charge in [-0.25, -0.2) is 4.98 Å². The second kappa shape index (κ2) is 11.7. The molecule has 0 aliphatic heterocycles. The number of aliphatic hydroxyl groups excluding tert-OH is 2. The van der Waals surface area contributed by atoms with Gasteiger partial charge >= 0.3 is 0 Å². The van der Waals surface area contributed by atoms with E-state index in [0.717, 1.165) is 27.6 Å². The van der Waals surface area contributed by atoms with Gasteiger partial charge in [0.25, 0.3) is 0 Å². The zero-order valence-corrected chi connectivity index (χ0v) is 18.2. The van der Waals surface area contributed by atoms with E-state index >= 15 is 0 Å². The first-order valence-corrected chi connectivity index (χ1v) is 10.4. The van der Waals surface area contributed by atoms with Crippen LogP contribution in [-0.4, -0.2) is 33.5 Å². The van der Waals surface area contributed by atoms with Crippen molar-refractivity contribution in [2.24, 2.45) is 0 Å². The van der Waals surface area contributed by atoms with Crippen LogP contribution in [0.3, 0.4) is 0 Å². The van der Waals surface area contributed by atoms with Gasteiger partial charge in [-0.15, -0.1) is 0 Å². The number of aliphatic hydroxyl groups is 2. The van der Waals surface area contributed by atoms with E-state index in [9.17, 15) is 10.2 Å². The Hall–Kier alpha value is -2.28. The van der Waals surface area contributed by atoms with Gasteiger partial charge in [0.05, 0.1) is 12.3 Å². The van der Waals surface area contributed by atoms with Gasteiger partial charge in [0, 0.05) is 18.6 Å². The molecule has 1 aromatic rings. The highest BCUT2D eigenvalue weighted by atomic mass is 32.2. The third-order valence-electron chi connectivity index (χ3n) is 4.30. The zero-order valence-electron chi connectivity index (χ0n) is 17.3. The molecule has 1 aromatic heterocycles. The third-order valence-corrected chi connectivity index (χ3v) is 5.46. The van der Waals surface area contributed by atoms with Crippen molar-refractivity contribution in [2.75, 3.05) is 13.7 Å². The lowest BCUT2D eigenvalue weighted by Crippen LogP contribution is -2.07. The van der Waals surface area contributed by atoms with Gasteiger partial charge in [0.1, 0.15) is 23.2 Å². The summed E-state index contributed by atoms with van der Waals surface area (Å²) in [6, 6.07) is 0. The Morgan fingerprint density at radius 3 is 2.86 bits per heavy atom. The summed E-state index contributed by atoms with van der Waals surface area (Å²) >= 11 is 1.61. The fourth-order valence-electron chi connectivity index (χ4n) is 2.83. The van der Waals surface area contributed by atoms with Crippen molar-refractivity contribution >= 4 is 11.8 Å². The van der Waals surface area contributed by atoms with Crippen LogP contribution in [0.4, 0.5) is 0 Å². The number of rotatable bonds is 10. The van der Waals surface area contributed by atoms with Gasteiger partial charge in [-0.1, -0.05) is 56.5 Å². The topological polar surface area (TPSA) is 67.5 Å². The summed E-state index contributed by atoms with van der Waals surface area (Å²) in [5.41, 5.74) is 2.08. The number of allylic oxidation sites excluding steroid dienone is 8. The minimum absolute atomic E-state index is 0.135. The van der Waals surface area contributed by atoms with Gasteiger partial charge in [-0.2, -0.15) is 0 Å². The number of hydrogen-bond acceptors (Lipinski definition) is 5. The lowest BCUT2D eigenvalue weighted by Gasteiger charge is -2.14. The van der Waals surface area contributed by atoms with Crippen LogP contribution in [0, 0.1) is 0 Å². The van der Waals surface area contributed by atoms with Crippen LogP contribution in [0.5, 0.6) is 0 Å². The predicted octanol–water partition coefficient (Wildman–Crippen LogP) is 5.19. The Morgan fingerprint density at radius 2 is 2.21 bits per heavy atom. The summed E-state index contributed by atoms with van der Waals surface area (Å²) in [6.07, 6.45) is 15.6. The highest BCUT2D eigenvalue weighted by molar-refractivity contribution is 8.03. The summed E-state index contributed by atoms with van der Waals surface area (Å²) in [4.78, 5) is 5.75. The zero-order chi connectivity index (χ0) is 21.2. The molecule has 0 spiro atoms. The summed E-state index contributed by atoms with van der Waals surface area (Å²) in [5.74, 6) is 1.09. The summed E-state index contributed by atoms with van der Waals surface area (Å²) in [6.45, 7) is 8.91. The van der Waals surface area contributed by atoms with E-state index in [2.05, 4.69) is 25.0 Å². The first-order valence-electron chi connectivity index (χ1n) is 9.61. The van der Waals surface area contributed by atoms with Crippen LogP contribution in [-0.2, 0) is 17.9 Å². The van der Waals surface area contributed by atoms with Gasteiger partial charge in [-0.3, -0.25) is 0 Å². The Morgan fingerprint density at radius 1 is 1.41 bits per heavy atom. The van der Waals surface area contributed by atoms with Gasteiger partial charge < -0.3 is 19.5 Å². The van der Waals surface area contributed by atoms with E-state index in [1.807, 2.05) is 30.4 Å². The molecule has 1 aliphatic carbocycles. The van der Waals surface area contributed by atoms with E-state index in [4.69, 9.17) is 9.72 Å². The Kier molecular flexibility index (Phi) is 9.25. The molecule has 2 N–H and O–H groups in total. The largest absolute Gasteiger partial charge is 0.508 e. The minimum atomic E-state index is -0.135. The van der Waals surface area contributed by atoms with Crippen molar-refractivity contribution in [3.63, 3.8) is 0 Å². The third kappa shape index (κ3) is 6.63. The summed E-state index contributed by atoms with van der Waals surface area (Å²) < 4.78 is 7.28. The van der Waals surface area contributed by atoms with Crippen LogP contribution in [0.25, 0.3) is 0 Å². The van der Waals surface area contributed by atoms with Crippen molar-refractivity contribution in [1.82, 2.24) is 9.55 Å². The average Bonchev–Trinajstić information content (AvgIpc) is 2.91. The van der Waals surface area contributed by atoms with Crippen molar-refractivity contribution < 1.29 is 14.9 Å². The predicted molar refractivity (Wildman–Crippen MR) is 120 cm³/mol. The molecule has 0 unspecified atom stereocenters. The average molecular weight is 415 g/mol. The molecule has 5 nitrogen and oxygen atoms in total. The molecular weight excluding hydrogens is 384 g/mol. The number of methoxy groups -OCH3 is 1. The van der Waals surface area contributed by atoms with Crippen LogP contribution < -0.4 is 0 Å². The second-order valence-electron chi connectivity index (χ2n) is 6.90. The molecule has 0 radical (unpaired) electrons. The maximum Gasteiger partial charge on any atom is 0.136 e. The van der Waals surface area contributed by atoms with E-state index in [0.29, 0.717) is 19.0 Å². The molecule has 1 aliphatic rings. The lowest BCUT2D eigenvalue weighted by atomic mass is 10.1. The van der Waals surface area contributed by atoms with E-state index in [-0.39, 0.29) is 18.3 Å². The maximum absolute atomic E-state index is 9.94. The standard InChI is InChI=1S/C23H30N2O3S/c1-5-6-10-20(13-14-28-4)29-23-22(17(2)3)24-21(16-26)25(23)15-18-8-7-9-19(27)12-11-18/h5-7,9-13,17,26-27H,1,8,14-16H2,2-4H3/b10-6-,20-13+. The number of ether oxygens (including phenoxy) is 1. The molecule has 0 saturated carbocycles. The smallest absolute Gasteiger partial charge is 0.136 e. The Bertz CT molecular complexity index is 858. The number of thioether (sulfide) groups is 1. The molecule has 0 bridgehead atoms. The maximum atomic E-state index is 9.94. The molecule has 29 heavy (non-hydrogen) atoms. The second-order valence-corrected chi connectivity index (χ2v) is 7.96. The summed E-state index contributed by atoms with van der Waals surface area (Å²) in [7, 11) is 1.67. The van der Waals surface area contributed by atoms with E-state index in [1.165, 1.54) is 0 Å². The Labute approximate surface area is 177 Å². The molecule has 0 aromatic carbocycles. The SMILES string of the molecule is C=C/C=C\C(=C/COC)Sc1c(C(C)C)nc(CO)n1CC1=CC=C(O)C=CC1.